The van der Waals surface area contributed by atoms with Crippen LogP contribution in [0.3, 0.4) is 0 Å². The summed E-state index contributed by atoms with van der Waals surface area (Å²) in [5.41, 5.74) is 11.1. The first kappa shape index (κ1) is 23.6. The Kier molecular flexibility index (Phi) is 5.89. The molecule has 9 heteroatoms. The van der Waals surface area contributed by atoms with Crippen LogP contribution in [0.15, 0.2) is 73.1 Å². The van der Waals surface area contributed by atoms with Gasteiger partial charge >= 0.3 is 0 Å². The van der Waals surface area contributed by atoms with Crippen LogP contribution in [0, 0.1) is 5.92 Å². The number of nitrogen functional groups attached to an aromatic ring is 1. The number of nitrogens with two attached hydrogens (primary N) is 1. The third-order valence-electron chi connectivity index (χ3n) is 7.17. The van der Waals surface area contributed by atoms with Gasteiger partial charge in [-0.3, -0.25) is 4.40 Å². The summed E-state index contributed by atoms with van der Waals surface area (Å²) >= 11 is 0. The largest absolute Gasteiger partial charge is 0.382 e. The SMILES string of the molecule is CS(=O)(=O)C(c1nc(-c2ccc3ccc(-c4ccccc4)nc3c2)c2c(N)nccn12)C1CCNCC1. The number of nitrogens with one attached hydrogen (secondary N) is 1. The number of rotatable bonds is 5. The highest BCUT2D eigenvalue weighted by molar-refractivity contribution is 7.90. The molecule has 4 heterocycles. The lowest BCUT2D eigenvalue weighted by Crippen LogP contribution is -2.34. The molecule has 5 aromatic rings. The van der Waals surface area contributed by atoms with E-state index >= 15 is 0 Å². The Hall–Kier alpha value is -3.82. The van der Waals surface area contributed by atoms with Crippen LogP contribution >= 0.6 is 0 Å². The summed E-state index contributed by atoms with van der Waals surface area (Å²) in [6.07, 6.45) is 6.18. The van der Waals surface area contributed by atoms with E-state index in [9.17, 15) is 8.42 Å². The van der Waals surface area contributed by atoms with Crippen molar-refractivity contribution in [3.8, 4) is 22.5 Å². The predicted octanol–water partition coefficient (Wildman–Crippen LogP) is 4.28. The molecule has 0 saturated carbocycles. The van der Waals surface area contributed by atoms with E-state index in [4.69, 9.17) is 15.7 Å². The molecule has 1 unspecified atom stereocenters. The van der Waals surface area contributed by atoms with Gasteiger partial charge in [0, 0.05) is 35.2 Å². The molecule has 0 bridgehead atoms. The van der Waals surface area contributed by atoms with E-state index in [1.165, 1.54) is 6.26 Å². The van der Waals surface area contributed by atoms with Crippen molar-refractivity contribution in [2.45, 2.75) is 18.1 Å². The Labute approximate surface area is 215 Å². The number of benzene rings is 2. The normalized spacial score (nSPS) is 15.8. The molecule has 6 rings (SSSR count). The molecule has 188 valence electrons. The van der Waals surface area contributed by atoms with Crippen molar-refractivity contribution in [1.82, 2.24) is 24.7 Å². The van der Waals surface area contributed by atoms with Gasteiger partial charge in [-0.25, -0.2) is 23.4 Å². The van der Waals surface area contributed by atoms with Crippen LogP contribution < -0.4 is 11.1 Å². The van der Waals surface area contributed by atoms with Crippen LogP contribution in [-0.2, 0) is 9.84 Å². The van der Waals surface area contributed by atoms with Gasteiger partial charge < -0.3 is 11.1 Å². The Morgan fingerprint density at radius 1 is 1.00 bits per heavy atom. The fourth-order valence-corrected chi connectivity index (χ4v) is 6.94. The molecule has 3 aromatic heterocycles. The number of hydrogen-bond acceptors (Lipinski definition) is 7. The van der Waals surface area contributed by atoms with Gasteiger partial charge in [0.25, 0.3) is 0 Å². The first-order chi connectivity index (χ1) is 17.9. The van der Waals surface area contributed by atoms with Gasteiger partial charge in [-0.1, -0.05) is 48.5 Å². The number of sulfone groups is 1. The number of anilines is 1. The van der Waals surface area contributed by atoms with E-state index in [2.05, 4.69) is 16.4 Å². The standard InChI is InChI=1S/C28H28N6O2S/c1-37(35,36)26(20-11-13-30-14-12-20)28-33-24(25-27(29)31-15-16-34(25)28)21-8-7-19-9-10-22(32-23(19)17-21)18-5-3-2-4-6-18/h2-10,15-17,20,26,30H,11-14H2,1H3,(H2,29,31). The molecule has 8 nitrogen and oxygen atoms in total. The molecule has 1 atom stereocenters. The van der Waals surface area contributed by atoms with Crippen molar-refractivity contribution >= 4 is 32.1 Å². The second-order valence-corrected chi connectivity index (χ2v) is 11.8. The van der Waals surface area contributed by atoms with Crippen molar-refractivity contribution in [2.75, 3.05) is 25.1 Å². The molecule has 3 N–H and O–H groups in total. The minimum atomic E-state index is -3.45. The van der Waals surface area contributed by atoms with E-state index in [0.29, 0.717) is 22.9 Å². The number of nitrogens with zero attached hydrogens (tertiary/aromatic N) is 4. The first-order valence-corrected chi connectivity index (χ1v) is 14.3. The highest BCUT2D eigenvalue weighted by Crippen LogP contribution is 2.39. The van der Waals surface area contributed by atoms with Gasteiger partial charge in [-0.05, 0) is 44.0 Å². The number of fused-ring (bicyclic) bond motifs is 2. The first-order valence-electron chi connectivity index (χ1n) is 12.4. The molecule has 1 fully saturated rings. The van der Waals surface area contributed by atoms with Gasteiger partial charge in [-0.15, -0.1) is 0 Å². The lowest BCUT2D eigenvalue weighted by atomic mass is 9.94. The van der Waals surface area contributed by atoms with Crippen molar-refractivity contribution in [3.63, 3.8) is 0 Å². The maximum absolute atomic E-state index is 13.1. The third-order valence-corrected chi connectivity index (χ3v) is 8.69. The number of imidazole rings is 1. The Bertz CT molecular complexity index is 1710. The van der Waals surface area contributed by atoms with Gasteiger partial charge in [-0.2, -0.15) is 0 Å². The topological polar surface area (TPSA) is 115 Å². The Morgan fingerprint density at radius 3 is 2.51 bits per heavy atom. The van der Waals surface area contributed by atoms with Crippen LogP contribution in [0.5, 0.6) is 0 Å². The van der Waals surface area contributed by atoms with E-state index < -0.39 is 15.1 Å². The average Bonchev–Trinajstić information content (AvgIpc) is 3.29. The summed E-state index contributed by atoms with van der Waals surface area (Å²) in [5.74, 6) is 0.760. The average molecular weight is 513 g/mol. The Balaban J connectivity index is 1.53. The zero-order valence-corrected chi connectivity index (χ0v) is 21.3. The summed E-state index contributed by atoms with van der Waals surface area (Å²) in [6.45, 7) is 1.58. The smallest absolute Gasteiger partial charge is 0.157 e. The molecule has 0 amide bonds. The van der Waals surface area contributed by atoms with Gasteiger partial charge in [0.1, 0.15) is 28.1 Å². The van der Waals surface area contributed by atoms with Crippen LogP contribution in [0.1, 0.15) is 23.9 Å². The summed E-state index contributed by atoms with van der Waals surface area (Å²) in [6, 6.07) is 20.1. The maximum Gasteiger partial charge on any atom is 0.157 e. The van der Waals surface area contributed by atoms with Gasteiger partial charge in [0.05, 0.1) is 11.2 Å². The van der Waals surface area contributed by atoms with Crippen molar-refractivity contribution in [2.24, 2.45) is 5.92 Å². The second kappa shape index (κ2) is 9.24. The van der Waals surface area contributed by atoms with Crippen molar-refractivity contribution in [1.29, 1.82) is 0 Å². The van der Waals surface area contributed by atoms with Crippen LogP contribution in [0.2, 0.25) is 0 Å². The number of hydrogen-bond donors (Lipinski definition) is 2. The van der Waals surface area contributed by atoms with Gasteiger partial charge in [0.15, 0.2) is 9.84 Å². The fraction of sp³-hybridized carbons (Fsp3) is 0.250. The monoisotopic (exact) mass is 512 g/mol. The Morgan fingerprint density at radius 2 is 1.76 bits per heavy atom. The summed E-state index contributed by atoms with van der Waals surface area (Å²) in [5, 5.41) is 3.59. The molecule has 1 aliphatic heterocycles. The molecule has 2 aromatic carbocycles. The lowest BCUT2D eigenvalue weighted by Gasteiger charge is -2.28. The minimum Gasteiger partial charge on any atom is -0.382 e. The lowest BCUT2D eigenvalue weighted by molar-refractivity contribution is 0.352. The summed E-state index contributed by atoms with van der Waals surface area (Å²) in [4.78, 5) is 14.2. The zero-order chi connectivity index (χ0) is 25.6. The molecule has 0 spiro atoms. The van der Waals surface area contributed by atoms with Crippen molar-refractivity contribution < 1.29 is 8.42 Å². The zero-order valence-electron chi connectivity index (χ0n) is 20.5. The number of piperidine rings is 1. The van der Waals surface area contributed by atoms with Crippen LogP contribution in [-0.4, -0.2) is 47.1 Å². The quantitative estimate of drug-likeness (QED) is 0.361. The summed E-state index contributed by atoms with van der Waals surface area (Å²) in [7, 11) is -3.45. The third kappa shape index (κ3) is 4.34. The number of pyridine rings is 1. The molecule has 1 saturated heterocycles. The van der Waals surface area contributed by atoms with E-state index in [0.717, 1.165) is 53.7 Å². The fourth-order valence-electron chi connectivity index (χ4n) is 5.42. The molecule has 0 radical (unpaired) electrons. The maximum atomic E-state index is 13.1. The molecule has 37 heavy (non-hydrogen) atoms. The van der Waals surface area contributed by atoms with E-state index in [1.807, 2.05) is 59.0 Å². The van der Waals surface area contributed by atoms with Crippen LogP contribution in [0.25, 0.3) is 38.9 Å². The van der Waals surface area contributed by atoms with E-state index in [-0.39, 0.29) is 5.92 Å². The highest BCUT2D eigenvalue weighted by atomic mass is 32.2. The predicted molar refractivity (Wildman–Crippen MR) is 147 cm³/mol. The molecule has 0 aliphatic carbocycles. The molecular formula is C28H28N6O2S. The molecule has 1 aliphatic rings. The van der Waals surface area contributed by atoms with Crippen LogP contribution in [0.4, 0.5) is 5.82 Å². The summed E-state index contributed by atoms with van der Waals surface area (Å²) < 4.78 is 28.1. The second-order valence-electron chi connectivity index (χ2n) is 9.66. The molecular weight excluding hydrogens is 484 g/mol. The van der Waals surface area contributed by atoms with Gasteiger partial charge in [0.2, 0.25) is 0 Å². The highest BCUT2D eigenvalue weighted by Gasteiger charge is 2.37. The number of aromatic nitrogens is 4. The van der Waals surface area contributed by atoms with Crippen molar-refractivity contribution in [3.05, 3.63) is 78.9 Å². The minimum absolute atomic E-state index is 0.0317. The van der Waals surface area contributed by atoms with E-state index in [1.54, 1.807) is 12.4 Å².